The normalized spacial score (nSPS) is 19.7. The van der Waals surface area contributed by atoms with Crippen LogP contribution < -0.4 is 4.90 Å². The van der Waals surface area contributed by atoms with E-state index in [0.29, 0.717) is 11.9 Å². The minimum absolute atomic E-state index is 0.420. The second-order valence-corrected chi connectivity index (χ2v) is 5.78. The lowest BCUT2D eigenvalue weighted by Crippen LogP contribution is -2.31. The maximum absolute atomic E-state index is 6.06. The van der Waals surface area contributed by atoms with Gasteiger partial charge in [-0.1, -0.05) is 28.1 Å². The maximum Gasteiger partial charge on any atom is 0.136 e. The summed E-state index contributed by atoms with van der Waals surface area (Å²) in [6, 6.07) is 8.72. The maximum atomic E-state index is 6.06. The van der Waals surface area contributed by atoms with E-state index in [1.807, 2.05) is 6.20 Å². The standard InChI is InChI=1S/C14H14BrClN2/c15-13-5-1-4-12-11(13)6-7-17-14(12)18-8-2-3-10(18)9-16/h1,4-7,10H,2-3,8-9H2. The molecule has 0 N–H and O–H groups in total. The van der Waals surface area contributed by atoms with E-state index in [2.05, 4.69) is 50.1 Å². The van der Waals surface area contributed by atoms with E-state index < -0.39 is 0 Å². The summed E-state index contributed by atoms with van der Waals surface area (Å²) in [5.74, 6) is 1.74. The highest BCUT2D eigenvalue weighted by Crippen LogP contribution is 2.33. The number of fused-ring (bicyclic) bond motifs is 1. The van der Waals surface area contributed by atoms with E-state index in [-0.39, 0.29) is 0 Å². The van der Waals surface area contributed by atoms with Gasteiger partial charge in [-0.15, -0.1) is 11.6 Å². The van der Waals surface area contributed by atoms with Gasteiger partial charge in [0.2, 0.25) is 0 Å². The van der Waals surface area contributed by atoms with Crippen molar-refractivity contribution in [3.63, 3.8) is 0 Å². The van der Waals surface area contributed by atoms with E-state index >= 15 is 0 Å². The van der Waals surface area contributed by atoms with Gasteiger partial charge in [0.1, 0.15) is 5.82 Å². The number of hydrogen-bond donors (Lipinski definition) is 0. The molecule has 2 aromatic rings. The smallest absolute Gasteiger partial charge is 0.136 e. The summed E-state index contributed by atoms with van der Waals surface area (Å²) in [5, 5.41) is 2.41. The highest BCUT2D eigenvalue weighted by atomic mass is 79.9. The Morgan fingerprint density at radius 1 is 1.33 bits per heavy atom. The summed E-state index contributed by atoms with van der Waals surface area (Å²) in [5.41, 5.74) is 0. The lowest BCUT2D eigenvalue weighted by atomic mass is 10.1. The Morgan fingerprint density at radius 3 is 3.06 bits per heavy atom. The van der Waals surface area contributed by atoms with Crippen LogP contribution in [-0.4, -0.2) is 23.5 Å². The molecule has 1 aliphatic rings. The number of pyridine rings is 1. The number of nitrogens with zero attached hydrogens (tertiary/aromatic N) is 2. The highest BCUT2D eigenvalue weighted by Gasteiger charge is 2.26. The summed E-state index contributed by atoms with van der Waals surface area (Å²) in [7, 11) is 0. The molecule has 1 aromatic heterocycles. The monoisotopic (exact) mass is 324 g/mol. The van der Waals surface area contributed by atoms with Gasteiger partial charge in [-0.05, 0) is 25.0 Å². The van der Waals surface area contributed by atoms with E-state index in [4.69, 9.17) is 11.6 Å². The summed E-state index contributed by atoms with van der Waals surface area (Å²) in [6.45, 7) is 1.05. The van der Waals surface area contributed by atoms with Crippen LogP contribution in [0.4, 0.5) is 5.82 Å². The van der Waals surface area contributed by atoms with Gasteiger partial charge in [-0.2, -0.15) is 0 Å². The molecule has 1 fully saturated rings. The zero-order valence-electron chi connectivity index (χ0n) is 9.94. The fraction of sp³-hybridized carbons (Fsp3) is 0.357. The number of benzene rings is 1. The SMILES string of the molecule is ClCC1CCCN1c1nccc2c(Br)cccc12. The quantitative estimate of drug-likeness (QED) is 0.769. The second-order valence-electron chi connectivity index (χ2n) is 4.61. The summed E-state index contributed by atoms with van der Waals surface area (Å²) in [4.78, 5) is 6.92. The third kappa shape index (κ3) is 1.99. The van der Waals surface area contributed by atoms with Crippen LogP contribution >= 0.6 is 27.5 Å². The molecular weight excluding hydrogens is 312 g/mol. The van der Waals surface area contributed by atoms with Crippen molar-refractivity contribution in [3.05, 3.63) is 34.9 Å². The van der Waals surface area contributed by atoms with Gasteiger partial charge in [0.15, 0.2) is 0 Å². The van der Waals surface area contributed by atoms with Crippen LogP contribution in [0.15, 0.2) is 34.9 Å². The van der Waals surface area contributed by atoms with Crippen molar-refractivity contribution in [3.8, 4) is 0 Å². The van der Waals surface area contributed by atoms with Gasteiger partial charge in [0.05, 0.1) is 0 Å². The number of rotatable bonds is 2. The summed E-state index contributed by atoms with van der Waals surface area (Å²) >= 11 is 9.66. The average molecular weight is 326 g/mol. The van der Waals surface area contributed by atoms with E-state index in [0.717, 1.165) is 23.3 Å². The van der Waals surface area contributed by atoms with E-state index in [9.17, 15) is 0 Å². The topological polar surface area (TPSA) is 16.1 Å². The van der Waals surface area contributed by atoms with E-state index in [1.165, 1.54) is 17.2 Å². The molecule has 1 unspecified atom stereocenters. The zero-order valence-corrected chi connectivity index (χ0v) is 12.3. The van der Waals surface area contributed by atoms with Gasteiger partial charge < -0.3 is 4.90 Å². The third-order valence-corrected chi connectivity index (χ3v) is 4.61. The van der Waals surface area contributed by atoms with Crippen LogP contribution in [0, 0.1) is 0 Å². The van der Waals surface area contributed by atoms with Gasteiger partial charge in [0, 0.05) is 39.9 Å². The Balaban J connectivity index is 2.14. The van der Waals surface area contributed by atoms with Gasteiger partial charge >= 0.3 is 0 Å². The first-order chi connectivity index (χ1) is 8.81. The number of aromatic nitrogens is 1. The Hall–Kier alpha value is -0.800. The molecule has 0 spiro atoms. The number of halogens is 2. The van der Waals surface area contributed by atoms with Crippen LogP contribution in [0.25, 0.3) is 10.8 Å². The van der Waals surface area contributed by atoms with E-state index in [1.54, 1.807) is 0 Å². The zero-order chi connectivity index (χ0) is 12.5. The van der Waals surface area contributed by atoms with Gasteiger partial charge in [-0.25, -0.2) is 4.98 Å². The highest BCUT2D eigenvalue weighted by molar-refractivity contribution is 9.10. The molecule has 94 valence electrons. The first-order valence-corrected chi connectivity index (χ1v) is 7.50. The van der Waals surface area contributed by atoms with Crippen LogP contribution in [0.1, 0.15) is 12.8 Å². The molecule has 0 saturated carbocycles. The molecule has 0 aliphatic carbocycles. The summed E-state index contributed by atoms with van der Waals surface area (Å²) in [6.07, 6.45) is 4.24. The number of alkyl halides is 1. The molecule has 0 bridgehead atoms. The molecule has 3 rings (SSSR count). The molecule has 0 radical (unpaired) electrons. The third-order valence-electron chi connectivity index (χ3n) is 3.56. The first kappa shape index (κ1) is 12.2. The largest absolute Gasteiger partial charge is 0.352 e. The van der Waals surface area contributed by atoms with Gasteiger partial charge in [-0.3, -0.25) is 0 Å². The summed E-state index contributed by atoms with van der Waals surface area (Å²) < 4.78 is 1.12. The van der Waals surface area contributed by atoms with Crippen LogP contribution in [0.5, 0.6) is 0 Å². The molecular formula is C14H14BrClN2. The van der Waals surface area contributed by atoms with Crippen molar-refractivity contribution in [2.75, 3.05) is 17.3 Å². The molecule has 0 amide bonds. The Bertz CT molecular complexity index is 573. The predicted octanol–water partition coefficient (Wildman–Crippen LogP) is 4.20. The number of anilines is 1. The Labute approximate surface area is 120 Å². The van der Waals surface area contributed by atoms with Crippen LogP contribution in [0.2, 0.25) is 0 Å². The van der Waals surface area contributed by atoms with Crippen molar-refractivity contribution in [2.24, 2.45) is 0 Å². The van der Waals surface area contributed by atoms with Crippen molar-refractivity contribution < 1.29 is 0 Å². The second kappa shape index (κ2) is 5.06. The Kier molecular flexibility index (Phi) is 3.44. The van der Waals surface area contributed by atoms with Crippen molar-refractivity contribution in [2.45, 2.75) is 18.9 Å². The molecule has 2 heterocycles. The fourth-order valence-electron chi connectivity index (χ4n) is 2.66. The number of hydrogen-bond acceptors (Lipinski definition) is 2. The van der Waals surface area contributed by atoms with Crippen LogP contribution in [0.3, 0.4) is 0 Å². The lowest BCUT2D eigenvalue weighted by molar-refractivity contribution is 0.736. The molecule has 1 aliphatic heterocycles. The lowest BCUT2D eigenvalue weighted by Gasteiger charge is -2.25. The minimum atomic E-state index is 0.420. The van der Waals surface area contributed by atoms with Crippen molar-refractivity contribution in [1.82, 2.24) is 4.98 Å². The molecule has 1 aromatic carbocycles. The van der Waals surface area contributed by atoms with Crippen molar-refractivity contribution >= 4 is 44.1 Å². The average Bonchev–Trinajstić information content (AvgIpc) is 2.87. The molecule has 1 atom stereocenters. The minimum Gasteiger partial charge on any atom is -0.352 e. The van der Waals surface area contributed by atoms with Gasteiger partial charge in [0.25, 0.3) is 0 Å². The predicted molar refractivity (Wildman–Crippen MR) is 80.5 cm³/mol. The molecule has 2 nitrogen and oxygen atoms in total. The Morgan fingerprint density at radius 2 is 2.22 bits per heavy atom. The van der Waals surface area contributed by atoms with Crippen molar-refractivity contribution in [1.29, 1.82) is 0 Å². The van der Waals surface area contributed by atoms with Crippen LogP contribution in [-0.2, 0) is 0 Å². The molecule has 4 heteroatoms. The first-order valence-electron chi connectivity index (χ1n) is 6.17. The fourth-order valence-corrected chi connectivity index (χ4v) is 3.48. The molecule has 18 heavy (non-hydrogen) atoms. The molecule has 1 saturated heterocycles.